The van der Waals surface area contributed by atoms with Gasteiger partial charge in [-0.3, -0.25) is 4.79 Å². The summed E-state index contributed by atoms with van der Waals surface area (Å²) in [6, 6.07) is 4.57. The average molecular weight is 233 g/mol. The molecule has 0 spiro atoms. The van der Waals surface area contributed by atoms with E-state index in [1.807, 2.05) is 0 Å². The van der Waals surface area contributed by atoms with Gasteiger partial charge in [-0.2, -0.15) is 0 Å². The van der Waals surface area contributed by atoms with Crippen LogP contribution >= 0.6 is 0 Å². The Kier molecular flexibility index (Phi) is 4.59. The molecular weight excluding hydrogens is 222 g/mol. The van der Waals surface area contributed by atoms with Crippen LogP contribution in [0.15, 0.2) is 29.4 Å². The molecule has 0 aliphatic heterocycles. The number of hydrogen-bond donors (Lipinski definition) is 2. The summed E-state index contributed by atoms with van der Waals surface area (Å²) in [5.41, 5.74) is 9.16. The molecule has 0 aliphatic rings. The second kappa shape index (κ2) is 6.19. The third-order valence-corrected chi connectivity index (χ3v) is 2.00. The molecule has 0 heterocycles. The van der Waals surface area contributed by atoms with Crippen molar-refractivity contribution >= 4 is 12.0 Å². The normalized spacial score (nSPS) is 10.1. The van der Waals surface area contributed by atoms with E-state index in [0.29, 0.717) is 11.1 Å². The quantitative estimate of drug-likeness (QED) is 0.463. The summed E-state index contributed by atoms with van der Waals surface area (Å²) in [5, 5.41) is 21.5. The van der Waals surface area contributed by atoms with Crippen LogP contribution in [-0.4, -0.2) is 22.7 Å². The van der Waals surface area contributed by atoms with Gasteiger partial charge >= 0.3 is 5.97 Å². The summed E-state index contributed by atoms with van der Waals surface area (Å²) >= 11 is 0. The van der Waals surface area contributed by atoms with Gasteiger partial charge in [0.25, 0.3) is 0 Å². The van der Waals surface area contributed by atoms with Gasteiger partial charge < -0.3 is 10.2 Å². The first-order chi connectivity index (χ1) is 8.13. The highest BCUT2D eigenvalue weighted by molar-refractivity contribution is 5.71. The van der Waals surface area contributed by atoms with Crippen LogP contribution in [0, 0.1) is 0 Å². The van der Waals surface area contributed by atoms with Crippen molar-refractivity contribution in [3.05, 3.63) is 45.8 Å². The van der Waals surface area contributed by atoms with Crippen LogP contribution in [0.25, 0.3) is 16.5 Å². The first kappa shape index (κ1) is 12.6. The molecule has 6 heteroatoms. The molecule has 0 radical (unpaired) electrons. The number of carbonyl (C=O) groups is 1. The minimum absolute atomic E-state index is 0.0522. The van der Waals surface area contributed by atoms with E-state index >= 15 is 0 Å². The second-order valence-electron chi connectivity index (χ2n) is 3.28. The predicted molar refractivity (Wildman–Crippen MR) is 62.5 cm³/mol. The summed E-state index contributed by atoms with van der Waals surface area (Å²) in [7, 11) is 0. The fourth-order valence-electron chi connectivity index (χ4n) is 1.29. The van der Waals surface area contributed by atoms with E-state index in [9.17, 15) is 9.90 Å². The topological polar surface area (TPSA) is 106 Å². The highest BCUT2D eigenvalue weighted by Gasteiger charge is 2.03. The number of rotatable bonds is 5. The number of hydrogen-bond acceptors (Lipinski definition) is 3. The minimum atomic E-state index is -0.931. The Morgan fingerprint density at radius 3 is 2.94 bits per heavy atom. The lowest BCUT2D eigenvalue weighted by Gasteiger charge is -2.02. The first-order valence-electron chi connectivity index (χ1n) is 4.84. The molecule has 0 fully saturated rings. The van der Waals surface area contributed by atoms with Gasteiger partial charge in [0, 0.05) is 17.0 Å². The third kappa shape index (κ3) is 4.27. The van der Waals surface area contributed by atoms with Crippen LogP contribution < -0.4 is 0 Å². The zero-order valence-corrected chi connectivity index (χ0v) is 8.95. The average Bonchev–Trinajstić information content (AvgIpc) is 2.28. The van der Waals surface area contributed by atoms with Crippen LogP contribution in [0.3, 0.4) is 0 Å². The highest BCUT2D eigenvalue weighted by Crippen LogP contribution is 2.20. The molecule has 2 N–H and O–H groups in total. The van der Waals surface area contributed by atoms with E-state index in [0.717, 1.165) is 0 Å². The number of nitrogens with zero attached hydrogens (tertiary/aromatic N) is 3. The van der Waals surface area contributed by atoms with Crippen LogP contribution in [-0.2, 0) is 11.2 Å². The van der Waals surface area contributed by atoms with Crippen molar-refractivity contribution in [1.29, 1.82) is 0 Å². The van der Waals surface area contributed by atoms with E-state index in [-0.39, 0.29) is 18.7 Å². The van der Waals surface area contributed by atoms with Gasteiger partial charge in [0.15, 0.2) is 0 Å². The SMILES string of the molecule is [N-]=[N+]=NCC=Cc1cc(CC(=O)O)ccc1O. The second-order valence-corrected chi connectivity index (χ2v) is 3.28. The predicted octanol–water partition coefficient (Wildman–Crippen LogP) is 2.34. The van der Waals surface area contributed by atoms with Crippen LogP contribution in [0.2, 0.25) is 0 Å². The van der Waals surface area contributed by atoms with Gasteiger partial charge in [-0.15, -0.1) is 0 Å². The van der Waals surface area contributed by atoms with Crippen LogP contribution in [0.1, 0.15) is 11.1 Å². The fraction of sp³-hybridized carbons (Fsp3) is 0.182. The highest BCUT2D eigenvalue weighted by atomic mass is 16.4. The summed E-state index contributed by atoms with van der Waals surface area (Å²) in [6.45, 7) is 0.180. The van der Waals surface area contributed by atoms with Crippen molar-refractivity contribution in [2.45, 2.75) is 6.42 Å². The van der Waals surface area contributed by atoms with Crippen molar-refractivity contribution in [3.8, 4) is 5.75 Å². The number of aromatic hydroxyl groups is 1. The van der Waals surface area contributed by atoms with Crippen molar-refractivity contribution in [1.82, 2.24) is 0 Å². The van der Waals surface area contributed by atoms with Gasteiger partial charge in [-0.25, -0.2) is 0 Å². The lowest BCUT2D eigenvalue weighted by atomic mass is 10.1. The standard InChI is InChI=1S/C11H11N3O3/c12-14-13-5-1-2-9-6-8(7-11(16)17)3-4-10(9)15/h1-4,6,15H,5,7H2,(H,16,17). The summed E-state index contributed by atoms with van der Waals surface area (Å²) < 4.78 is 0. The maximum absolute atomic E-state index is 10.5. The molecule has 1 rings (SSSR count). The molecule has 88 valence electrons. The number of benzene rings is 1. The molecule has 0 atom stereocenters. The maximum Gasteiger partial charge on any atom is 0.307 e. The lowest BCUT2D eigenvalue weighted by Crippen LogP contribution is -1.99. The largest absolute Gasteiger partial charge is 0.507 e. The number of phenolic OH excluding ortho intramolecular Hbond substituents is 1. The number of phenols is 1. The molecule has 0 aliphatic carbocycles. The lowest BCUT2D eigenvalue weighted by molar-refractivity contribution is -0.136. The molecule has 0 amide bonds. The number of carboxylic acid groups (broad SMARTS) is 1. The van der Waals surface area contributed by atoms with Crippen molar-refractivity contribution in [2.75, 3.05) is 6.54 Å². The summed E-state index contributed by atoms with van der Waals surface area (Å²) in [6.07, 6.45) is 3.06. The summed E-state index contributed by atoms with van der Waals surface area (Å²) in [4.78, 5) is 13.1. The maximum atomic E-state index is 10.5. The van der Waals surface area contributed by atoms with Crippen molar-refractivity contribution < 1.29 is 15.0 Å². The van der Waals surface area contributed by atoms with Gasteiger partial charge in [0.05, 0.1) is 6.42 Å². The Labute approximate surface area is 97.5 Å². The monoisotopic (exact) mass is 233 g/mol. The van der Waals surface area contributed by atoms with E-state index in [1.165, 1.54) is 6.07 Å². The first-order valence-corrected chi connectivity index (χ1v) is 4.84. The Balaban J connectivity index is 2.86. The molecule has 0 bridgehead atoms. The smallest absolute Gasteiger partial charge is 0.307 e. The molecule has 0 unspecified atom stereocenters. The Bertz CT molecular complexity index is 491. The third-order valence-electron chi connectivity index (χ3n) is 2.00. The van der Waals surface area contributed by atoms with Gasteiger partial charge in [-0.1, -0.05) is 23.3 Å². The summed E-state index contributed by atoms with van der Waals surface area (Å²) in [5.74, 6) is -0.879. The van der Waals surface area contributed by atoms with Crippen molar-refractivity contribution in [3.63, 3.8) is 0 Å². The minimum Gasteiger partial charge on any atom is -0.507 e. The van der Waals surface area contributed by atoms with E-state index < -0.39 is 5.97 Å². The zero-order valence-electron chi connectivity index (χ0n) is 8.95. The molecule has 0 aromatic heterocycles. The molecular formula is C11H11N3O3. The number of aliphatic carboxylic acids is 1. The number of carboxylic acids is 1. The van der Waals surface area contributed by atoms with E-state index in [2.05, 4.69) is 10.0 Å². The molecule has 1 aromatic carbocycles. The van der Waals surface area contributed by atoms with Gasteiger partial charge in [-0.05, 0) is 23.2 Å². The molecule has 6 nitrogen and oxygen atoms in total. The van der Waals surface area contributed by atoms with E-state index in [4.69, 9.17) is 10.6 Å². The number of azide groups is 1. The molecule has 1 aromatic rings. The van der Waals surface area contributed by atoms with Gasteiger partial charge in [0.1, 0.15) is 5.75 Å². The molecule has 0 saturated heterocycles. The van der Waals surface area contributed by atoms with Crippen LogP contribution in [0.4, 0.5) is 0 Å². The fourth-order valence-corrected chi connectivity index (χ4v) is 1.29. The zero-order chi connectivity index (χ0) is 12.7. The molecule has 17 heavy (non-hydrogen) atoms. The van der Waals surface area contributed by atoms with E-state index in [1.54, 1.807) is 24.3 Å². The van der Waals surface area contributed by atoms with Crippen molar-refractivity contribution in [2.24, 2.45) is 5.11 Å². The Hall–Kier alpha value is -2.46. The Morgan fingerprint density at radius 1 is 1.53 bits per heavy atom. The Morgan fingerprint density at radius 2 is 2.29 bits per heavy atom. The van der Waals surface area contributed by atoms with Gasteiger partial charge in [0.2, 0.25) is 0 Å². The molecule has 0 saturated carbocycles. The van der Waals surface area contributed by atoms with Crippen LogP contribution in [0.5, 0.6) is 5.75 Å².